The molecule has 0 saturated heterocycles. The van der Waals surface area contributed by atoms with E-state index in [0.29, 0.717) is 5.75 Å². The quantitative estimate of drug-likeness (QED) is 0.679. The maximum Gasteiger partial charge on any atom is 0.173 e. The molecule has 2 aromatic rings. The predicted octanol–water partition coefficient (Wildman–Crippen LogP) is 2.50. The van der Waals surface area contributed by atoms with Gasteiger partial charge in [0.25, 0.3) is 0 Å². The lowest BCUT2D eigenvalue weighted by Crippen LogP contribution is -2.06. The van der Waals surface area contributed by atoms with Crippen molar-refractivity contribution in [1.29, 1.82) is 0 Å². The number of imidazole rings is 1. The maximum atomic E-state index is 12.3. The van der Waals surface area contributed by atoms with E-state index in [4.69, 9.17) is 5.11 Å². The Bertz CT molecular complexity index is 635. The summed E-state index contributed by atoms with van der Waals surface area (Å²) >= 11 is 1.39. The number of thioether (sulfide) groups is 1. The third-order valence-corrected chi connectivity index (χ3v) is 4.27. The molecular weight excluding hydrogens is 272 g/mol. The lowest BCUT2D eigenvalue weighted by Gasteiger charge is -2.07. The van der Waals surface area contributed by atoms with E-state index in [1.165, 1.54) is 11.8 Å². The second-order valence-corrected chi connectivity index (χ2v) is 5.72. The number of hydrogen-bond donors (Lipinski definition) is 1. The Labute approximate surface area is 122 Å². The number of aromatic nitrogens is 2. The Kier molecular flexibility index (Phi) is 4.62. The minimum Gasteiger partial charge on any atom is -0.390 e. The Hall–Kier alpha value is -1.59. The van der Waals surface area contributed by atoms with Crippen LogP contribution < -0.4 is 0 Å². The summed E-state index contributed by atoms with van der Waals surface area (Å²) in [5.74, 6) is 0.449. The molecule has 20 heavy (non-hydrogen) atoms. The van der Waals surface area contributed by atoms with Gasteiger partial charge in [-0.15, -0.1) is 0 Å². The van der Waals surface area contributed by atoms with Gasteiger partial charge in [-0.25, -0.2) is 4.98 Å². The van der Waals surface area contributed by atoms with Crippen LogP contribution in [0.15, 0.2) is 29.6 Å². The van der Waals surface area contributed by atoms with Gasteiger partial charge in [-0.3, -0.25) is 4.79 Å². The van der Waals surface area contributed by atoms with Crippen LogP contribution in [0.1, 0.15) is 27.2 Å². The summed E-state index contributed by atoms with van der Waals surface area (Å²) in [5, 5.41) is 9.86. The van der Waals surface area contributed by atoms with Crippen LogP contribution in [-0.4, -0.2) is 26.2 Å². The average Bonchev–Trinajstić information content (AvgIpc) is 2.79. The largest absolute Gasteiger partial charge is 0.390 e. The van der Waals surface area contributed by atoms with E-state index in [-0.39, 0.29) is 12.4 Å². The number of aliphatic hydroxyl groups is 1. The fourth-order valence-electron chi connectivity index (χ4n) is 1.95. The van der Waals surface area contributed by atoms with Crippen LogP contribution in [0.3, 0.4) is 0 Å². The molecular formula is C15H18N2O2S. The third-order valence-electron chi connectivity index (χ3n) is 3.23. The molecule has 1 heterocycles. The first-order valence-electron chi connectivity index (χ1n) is 6.37. The lowest BCUT2D eigenvalue weighted by atomic mass is 10.0. The van der Waals surface area contributed by atoms with E-state index in [1.54, 1.807) is 10.8 Å². The van der Waals surface area contributed by atoms with Crippen LogP contribution in [0.2, 0.25) is 0 Å². The van der Waals surface area contributed by atoms with Gasteiger partial charge in [0.15, 0.2) is 10.9 Å². The molecule has 0 saturated carbocycles. The van der Waals surface area contributed by atoms with Gasteiger partial charge in [0.1, 0.15) is 0 Å². The van der Waals surface area contributed by atoms with Crippen LogP contribution >= 0.6 is 11.8 Å². The van der Waals surface area contributed by atoms with E-state index in [2.05, 4.69) is 4.98 Å². The molecule has 2 rings (SSSR count). The Morgan fingerprint density at radius 2 is 2.15 bits per heavy atom. The summed E-state index contributed by atoms with van der Waals surface area (Å²) < 4.78 is 1.81. The molecule has 106 valence electrons. The minimum absolute atomic E-state index is 0.0466. The molecule has 0 spiro atoms. The lowest BCUT2D eigenvalue weighted by molar-refractivity contribution is 0.102. The topological polar surface area (TPSA) is 55.1 Å². The monoisotopic (exact) mass is 290 g/mol. The molecule has 0 aliphatic carbocycles. The van der Waals surface area contributed by atoms with Crippen LogP contribution in [0.25, 0.3) is 0 Å². The van der Waals surface area contributed by atoms with Crippen LogP contribution in [0.4, 0.5) is 0 Å². The van der Waals surface area contributed by atoms with Gasteiger partial charge in [-0.05, 0) is 25.5 Å². The second kappa shape index (κ2) is 6.24. The molecule has 0 atom stereocenters. The highest BCUT2D eigenvalue weighted by Crippen LogP contribution is 2.20. The number of aliphatic hydroxyl groups excluding tert-OH is 1. The van der Waals surface area contributed by atoms with Crippen LogP contribution in [0, 0.1) is 13.8 Å². The maximum absolute atomic E-state index is 12.3. The number of benzene rings is 1. The fraction of sp³-hybridized carbons (Fsp3) is 0.333. The standard InChI is InChI=1S/C15H18N2O2S/c1-10-4-5-11(2)13(6-10)14(19)9-20-15-16-7-12(8-18)17(15)3/h4-7,18H,8-9H2,1-3H3. The van der Waals surface area contributed by atoms with Crippen molar-refractivity contribution in [2.45, 2.75) is 25.6 Å². The SMILES string of the molecule is Cc1ccc(C)c(C(=O)CSc2ncc(CO)n2C)c1. The molecule has 1 aromatic heterocycles. The number of ketones is 1. The number of carbonyl (C=O) groups excluding carboxylic acids is 1. The van der Waals surface area contributed by atoms with Crippen molar-refractivity contribution >= 4 is 17.5 Å². The third kappa shape index (κ3) is 3.11. The number of hydrogen-bond acceptors (Lipinski definition) is 4. The summed E-state index contributed by atoms with van der Waals surface area (Å²) in [4.78, 5) is 16.5. The molecule has 4 nitrogen and oxygen atoms in total. The second-order valence-electron chi connectivity index (χ2n) is 4.78. The molecule has 0 radical (unpaired) electrons. The molecule has 0 aliphatic heterocycles. The predicted molar refractivity (Wildman–Crippen MR) is 80.1 cm³/mol. The molecule has 1 N–H and O–H groups in total. The van der Waals surface area contributed by atoms with Gasteiger partial charge < -0.3 is 9.67 Å². The van der Waals surface area contributed by atoms with E-state index < -0.39 is 0 Å². The number of carbonyl (C=O) groups is 1. The minimum atomic E-state index is -0.0466. The number of rotatable bonds is 5. The molecule has 0 fully saturated rings. The van der Waals surface area contributed by atoms with E-state index in [9.17, 15) is 4.79 Å². The summed E-state index contributed by atoms with van der Waals surface area (Å²) in [6, 6.07) is 5.90. The van der Waals surface area contributed by atoms with Gasteiger partial charge in [-0.1, -0.05) is 29.5 Å². The normalized spacial score (nSPS) is 10.8. The smallest absolute Gasteiger partial charge is 0.173 e. The molecule has 0 amide bonds. The molecule has 0 unspecified atom stereocenters. The first-order chi connectivity index (χ1) is 9.52. The zero-order valence-electron chi connectivity index (χ0n) is 11.9. The van der Waals surface area contributed by atoms with Crippen molar-refractivity contribution in [2.75, 3.05) is 5.75 Å². The molecule has 0 bridgehead atoms. The summed E-state index contributed by atoms with van der Waals surface area (Å²) in [6.07, 6.45) is 1.63. The van der Waals surface area contributed by atoms with E-state index in [0.717, 1.165) is 27.5 Å². The summed E-state index contributed by atoms with van der Waals surface area (Å²) in [7, 11) is 1.84. The summed E-state index contributed by atoms with van der Waals surface area (Å²) in [5.41, 5.74) is 3.60. The van der Waals surface area contributed by atoms with Crippen LogP contribution in [0.5, 0.6) is 0 Å². The highest BCUT2D eigenvalue weighted by atomic mass is 32.2. The molecule has 0 aliphatic rings. The van der Waals surface area contributed by atoms with Gasteiger partial charge in [0.05, 0.1) is 24.3 Å². The van der Waals surface area contributed by atoms with Crippen molar-refractivity contribution in [3.63, 3.8) is 0 Å². The zero-order valence-corrected chi connectivity index (χ0v) is 12.7. The number of nitrogens with zero attached hydrogens (tertiary/aromatic N) is 2. The van der Waals surface area contributed by atoms with E-state index in [1.807, 2.05) is 39.1 Å². The highest BCUT2D eigenvalue weighted by Gasteiger charge is 2.12. The molecule has 1 aromatic carbocycles. The Morgan fingerprint density at radius 1 is 1.40 bits per heavy atom. The zero-order chi connectivity index (χ0) is 14.7. The first kappa shape index (κ1) is 14.8. The van der Waals surface area contributed by atoms with Gasteiger partial charge in [0, 0.05) is 12.6 Å². The van der Waals surface area contributed by atoms with Crippen LogP contribution in [-0.2, 0) is 13.7 Å². The van der Waals surface area contributed by atoms with Crippen molar-refractivity contribution < 1.29 is 9.90 Å². The van der Waals surface area contributed by atoms with E-state index >= 15 is 0 Å². The Morgan fingerprint density at radius 3 is 2.80 bits per heavy atom. The number of Topliss-reactive ketones (excluding diaryl/α,β-unsaturated/α-hetero) is 1. The Balaban J connectivity index is 2.08. The van der Waals surface area contributed by atoms with Gasteiger partial charge >= 0.3 is 0 Å². The van der Waals surface area contributed by atoms with Crippen molar-refractivity contribution in [3.8, 4) is 0 Å². The fourth-order valence-corrected chi connectivity index (χ4v) is 2.80. The average molecular weight is 290 g/mol. The van der Waals surface area contributed by atoms with Gasteiger partial charge in [-0.2, -0.15) is 0 Å². The highest BCUT2D eigenvalue weighted by molar-refractivity contribution is 7.99. The van der Waals surface area contributed by atoms with Crippen molar-refractivity contribution in [2.24, 2.45) is 7.05 Å². The number of aryl methyl sites for hydroxylation is 2. The molecule has 5 heteroatoms. The van der Waals surface area contributed by atoms with Gasteiger partial charge in [0.2, 0.25) is 0 Å². The van der Waals surface area contributed by atoms with Crippen molar-refractivity contribution in [1.82, 2.24) is 9.55 Å². The summed E-state index contributed by atoms with van der Waals surface area (Å²) in [6.45, 7) is 3.88. The first-order valence-corrected chi connectivity index (χ1v) is 7.36. The van der Waals surface area contributed by atoms with Crippen molar-refractivity contribution in [3.05, 3.63) is 46.8 Å².